The number of thioether (sulfide) groups is 1. The Morgan fingerprint density at radius 1 is 1.17 bits per heavy atom. The summed E-state index contributed by atoms with van der Waals surface area (Å²) in [5.74, 6) is 0.878. The predicted octanol–water partition coefficient (Wildman–Crippen LogP) is 2.25. The number of anilines is 1. The van der Waals surface area contributed by atoms with Gasteiger partial charge in [0.25, 0.3) is 0 Å². The van der Waals surface area contributed by atoms with Crippen molar-refractivity contribution in [3.8, 4) is 11.5 Å². The molecule has 0 radical (unpaired) electrons. The summed E-state index contributed by atoms with van der Waals surface area (Å²) in [6.07, 6.45) is 1.65. The van der Waals surface area contributed by atoms with Crippen molar-refractivity contribution in [1.29, 1.82) is 0 Å². The van der Waals surface area contributed by atoms with Crippen LogP contribution in [-0.2, 0) is 4.79 Å². The number of hydrogen-bond donors (Lipinski definition) is 2. The minimum atomic E-state index is -0.601. The number of nitrogens with zero attached hydrogens (tertiary/aromatic N) is 1. The van der Waals surface area contributed by atoms with Crippen LogP contribution >= 0.6 is 11.8 Å². The zero-order valence-electron chi connectivity index (χ0n) is 11.9. The Morgan fingerprint density at radius 2 is 2.04 bits per heavy atom. The molecule has 2 aromatic rings. The zero-order valence-corrected chi connectivity index (χ0v) is 12.8. The summed E-state index contributed by atoms with van der Waals surface area (Å²) in [5, 5.41) is 5.55. The van der Waals surface area contributed by atoms with E-state index in [0.717, 1.165) is 5.03 Å². The average Bonchev–Trinajstić information content (AvgIpc) is 3.01. The third-order valence-corrected chi connectivity index (χ3v) is 3.82. The van der Waals surface area contributed by atoms with E-state index in [1.54, 1.807) is 36.5 Å². The quantitative estimate of drug-likeness (QED) is 0.835. The van der Waals surface area contributed by atoms with Crippen molar-refractivity contribution < 1.29 is 19.1 Å². The summed E-state index contributed by atoms with van der Waals surface area (Å²) in [7, 11) is 0. The number of imide groups is 1. The molecule has 0 aliphatic carbocycles. The van der Waals surface area contributed by atoms with Crippen LogP contribution < -0.4 is 20.1 Å². The van der Waals surface area contributed by atoms with Gasteiger partial charge in [-0.05, 0) is 24.3 Å². The van der Waals surface area contributed by atoms with E-state index in [0.29, 0.717) is 17.2 Å². The molecule has 0 bridgehead atoms. The normalized spacial score (nSPS) is 11.8. The molecule has 1 aromatic heterocycles. The largest absolute Gasteiger partial charge is 0.454 e. The fraction of sp³-hybridized carbons (Fsp3) is 0.133. The van der Waals surface area contributed by atoms with Crippen molar-refractivity contribution >= 4 is 29.4 Å². The van der Waals surface area contributed by atoms with E-state index in [9.17, 15) is 9.59 Å². The molecule has 0 atom stereocenters. The first kappa shape index (κ1) is 15.2. The fourth-order valence-electron chi connectivity index (χ4n) is 1.87. The second-order valence-corrected chi connectivity index (χ2v) is 5.52. The number of carbonyl (C=O) groups excluding carboxylic acids is 2. The number of carbonyl (C=O) groups is 2. The highest BCUT2D eigenvalue weighted by molar-refractivity contribution is 7.99. The first-order chi connectivity index (χ1) is 11.2. The third kappa shape index (κ3) is 4.13. The summed E-state index contributed by atoms with van der Waals surface area (Å²) in [6.45, 7) is 0.161. The van der Waals surface area contributed by atoms with E-state index in [2.05, 4.69) is 15.6 Å². The lowest BCUT2D eigenvalue weighted by atomic mass is 10.3. The highest BCUT2D eigenvalue weighted by Crippen LogP contribution is 2.34. The number of urea groups is 1. The van der Waals surface area contributed by atoms with E-state index in [1.165, 1.54) is 11.8 Å². The van der Waals surface area contributed by atoms with Crippen LogP contribution in [0, 0.1) is 0 Å². The number of hydrogen-bond acceptors (Lipinski definition) is 6. The number of ether oxygens (including phenoxy) is 2. The molecule has 3 amide bonds. The summed E-state index contributed by atoms with van der Waals surface area (Å²) in [5.41, 5.74) is 0.511. The second-order valence-electron chi connectivity index (χ2n) is 4.53. The maximum Gasteiger partial charge on any atom is 0.325 e. The second kappa shape index (κ2) is 7.01. The van der Waals surface area contributed by atoms with Crippen LogP contribution in [0.4, 0.5) is 10.5 Å². The van der Waals surface area contributed by atoms with Crippen LogP contribution in [0.5, 0.6) is 11.5 Å². The molecular weight excluding hydrogens is 318 g/mol. The lowest BCUT2D eigenvalue weighted by Crippen LogP contribution is -2.35. The maximum absolute atomic E-state index is 11.8. The molecule has 0 unspecified atom stereocenters. The Balaban J connectivity index is 1.48. The van der Waals surface area contributed by atoms with Gasteiger partial charge in [0.1, 0.15) is 0 Å². The predicted molar refractivity (Wildman–Crippen MR) is 84.7 cm³/mol. The smallest absolute Gasteiger partial charge is 0.325 e. The van der Waals surface area contributed by atoms with Crippen LogP contribution in [0.15, 0.2) is 47.6 Å². The van der Waals surface area contributed by atoms with Crippen molar-refractivity contribution in [3.63, 3.8) is 0 Å². The average molecular weight is 331 g/mol. The van der Waals surface area contributed by atoms with Gasteiger partial charge in [-0.2, -0.15) is 0 Å². The Morgan fingerprint density at radius 3 is 2.87 bits per heavy atom. The molecule has 0 fully saturated rings. The first-order valence-corrected chi connectivity index (χ1v) is 7.73. The van der Waals surface area contributed by atoms with E-state index < -0.39 is 11.9 Å². The monoisotopic (exact) mass is 331 g/mol. The van der Waals surface area contributed by atoms with Crippen molar-refractivity contribution in [1.82, 2.24) is 10.3 Å². The molecule has 118 valence electrons. The molecule has 2 heterocycles. The molecule has 2 N–H and O–H groups in total. The standard InChI is InChI=1S/C15H13N3O4S/c19-13(8-23-14-3-1-2-6-16-14)18-15(20)17-10-4-5-11-12(7-10)22-9-21-11/h1-7H,8-9H2,(H2,17,18,19,20). The molecule has 1 aromatic carbocycles. The molecule has 7 nitrogen and oxygen atoms in total. The van der Waals surface area contributed by atoms with Crippen molar-refractivity contribution in [2.75, 3.05) is 17.9 Å². The Bertz CT molecular complexity index is 724. The number of pyridine rings is 1. The lowest BCUT2D eigenvalue weighted by Gasteiger charge is -2.07. The van der Waals surface area contributed by atoms with E-state index in [4.69, 9.17) is 9.47 Å². The molecule has 23 heavy (non-hydrogen) atoms. The van der Waals surface area contributed by atoms with Crippen LogP contribution in [0.1, 0.15) is 0 Å². The topological polar surface area (TPSA) is 89.6 Å². The molecule has 1 aliphatic rings. The number of rotatable bonds is 4. The van der Waals surface area contributed by atoms with E-state index >= 15 is 0 Å². The summed E-state index contributed by atoms with van der Waals surface area (Å²) in [6, 6.07) is 9.81. The van der Waals surface area contributed by atoms with E-state index in [-0.39, 0.29) is 12.5 Å². The van der Waals surface area contributed by atoms with Gasteiger partial charge in [-0.1, -0.05) is 17.8 Å². The van der Waals surface area contributed by atoms with Crippen molar-refractivity contribution in [3.05, 3.63) is 42.6 Å². The number of nitrogens with one attached hydrogen (secondary N) is 2. The number of benzene rings is 1. The highest BCUT2D eigenvalue weighted by atomic mass is 32.2. The van der Waals surface area contributed by atoms with Gasteiger partial charge in [-0.15, -0.1) is 0 Å². The van der Waals surface area contributed by atoms with Gasteiger partial charge in [-0.3, -0.25) is 10.1 Å². The van der Waals surface area contributed by atoms with Crippen LogP contribution in [0.25, 0.3) is 0 Å². The van der Waals surface area contributed by atoms with Gasteiger partial charge in [0, 0.05) is 18.0 Å². The molecular formula is C15H13N3O4S. The maximum atomic E-state index is 11.8. The molecule has 0 saturated heterocycles. The summed E-state index contributed by atoms with van der Waals surface area (Å²) >= 11 is 1.25. The summed E-state index contributed by atoms with van der Waals surface area (Å²) < 4.78 is 10.4. The van der Waals surface area contributed by atoms with Gasteiger partial charge in [0.2, 0.25) is 12.7 Å². The Kier molecular flexibility index (Phi) is 4.62. The van der Waals surface area contributed by atoms with Gasteiger partial charge in [0.05, 0.1) is 10.8 Å². The van der Waals surface area contributed by atoms with Crippen LogP contribution in [0.2, 0.25) is 0 Å². The molecule has 0 spiro atoms. The minimum Gasteiger partial charge on any atom is -0.454 e. The summed E-state index contributed by atoms with van der Waals surface area (Å²) in [4.78, 5) is 27.6. The lowest BCUT2D eigenvalue weighted by molar-refractivity contribution is -0.117. The Hall–Kier alpha value is -2.74. The van der Waals surface area contributed by atoms with Crippen LogP contribution in [-0.4, -0.2) is 29.5 Å². The molecule has 3 rings (SSSR count). The van der Waals surface area contributed by atoms with Crippen molar-refractivity contribution in [2.24, 2.45) is 0 Å². The van der Waals surface area contributed by atoms with Gasteiger partial charge in [0.15, 0.2) is 11.5 Å². The number of amides is 3. The Labute approximate surface area is 136 Å². The molecule has 0 saturated carbocycles. The minimum absolute atomic E-state index is 0.103. The van der Waals surface area contributed by atoms with Gasteiger partial charge < -0.3 is 14.8 Å². The highest BCUT2D eigenvalue weighted by Gasteiger charge is 2.15. The van der Waals surface area contributed by atoms with Crippen molar-refractivity contribution in [2.45, 2.75) is 5.03 Å². The third-order valence-electron chi connectivity index (χ3n) is 2.87. The van der Waals surface area contributed by atoms with Crippen LogP contribution in [0.3, 0.4) is 0 Å². The van der Waals surface area contributed by atoms with E-state index in [1.807, 2.05) is 6.07 Å². The number of fused-ring (bicyclic) bond motifs is 1. The zero-order chi connectivity index (χ0) is 16.1. The molecule has 8 heteroatoms. The van der Waals surface area contributed by atoms with Gasteiger partial charge in [-0.25, -0.2) is 9.78 Å². The fourth-order valence-corrected chi connectivity index (χ4v) is 2.53. The molecule has 1 aliphatic heterocycles. The SMILES string of the molecule is O=C(CSc1ccccn1)NC(=O)Nc1ccc2c(c1)OCO2. The van der Waals surface area contributed by atoms with Gasteiger partial charge >= 0.3 is 6.03 Å². The first-order valence-electron chi connectivity index (χ1n) is 6.75. The number of aromatic nitrogens is 1.